The Kier molecular flexibility index (Phi) is 7.97. The van der Waals surface area contributed by atoms with Crippen molar-refractivity contribution in [2.45, 2.75) is 63.3 Å². The molecule has 0 aliphatic carbocycles. The summed E-state index contributed by atoms with van der Waals surface area (Å²) in [5, 5.41) is 0. The van der Waals surface area contributed by atoms with Crippen molar-refractivity contribution in [3.8, 4) is 11.5 Å². The second kappa shape index (κ2) is 9.97. The zero-order valence-corrected chi connectivity index (χ0v) is 16.9. The van der Waals surface area contributed by atoms with Crippen molar-refractivity contribution in [3.63, 3.8) is 0 Å². The molecule has 0 aromatic heterocycles. The monoisotopic (exact) mass is 381 g/mol. The van der Waals surface area contributed by atoms with Gasteiger partial charge in [-0.15, -0.1) is 0 Å². The molecular formula is C20H31NO4S. The van der Waals surface area contributed by atoms with Crippen LogP contribution in [0, 0.1) is 0 Å². The first-order valence-corrected chi connectivity index (χ1v) is 10.9. The van der Waals surface area contributed by atoms with Gasteiger partial charge in [-0.25, -0.2) is 8.42 Å². The van der Waals surface area contributed by atoms with Crippen molar-refractivity contribution >= 4 is 10.0 Å². The van der Waals surface area contributed by atoms with Crippen LogP contribution in [-0.4, -0.2) is 39.0 Å². The number of methoxy groups -OCH3 is 1. The minimum Gasteiger partial charge on any atom is -0.497 e. The van der Waals surface area contributed by atoms with Gasteiger partial charge in [0.1, 0.15) is 16.4 Å². The number of hydrogen-bond acceptors (Lipinski definition) is 4. The van der Waals surface area contributed by atoms with Crippen LogP contribution in [0.5, 0.6) is 11.5 Å². The molecule has 2 rings (SSSR count). The number of hydrogen-bond donors (Lipinski definition) is 0. The normalized spacial score (nSPS) is 21.1. The van der Waals surface area contributed by atoms with E-state index in [-0.39, 0.29) is 10.9 Å². The lowest BCUT2D eigenvalue weighted by Gasteiger charge is -2.27. The van der Waals surface area contributed by atoms with Gasteiger partial charge >= 0.3 is 0 Å². The van der Waals surface area contributed by atoms with E-state index in [2.05, 4.69) is 12.2 Å². The first kappa shape index (κ1) is 20.8. The van der Waals surface area contributed by atoms with E-state index in [4.69, 9.17) is 9.47 Å². The first-order chi connectivity index (χ1) is 12.5. The second-order valence-corrected chi connectivity index (χ2v) is 8.69. The molecule has 1 aliphatic rings. The van der Waals surface area contributed by atoms with Crippen molar-refractivity contribution in [3.05, 3.63) is 30.4 Å². The summed E-state index contributed by atoms with van der Waals surface area (Å²) in [5.41, 5.74) is 0. The molecule has 0 radical (unpaired) electrons. The summed E-state index contributed by atoms with van der Waals surface area (Å²) in [6.45, 7) is 4.83. The van der Waals surface area contributed by atoms with Gasteiger partial charge in [-0.05, 0) is 64.5 Å². The molecule has 0 saturated heterocycles. The maximum atomic E-state index is 13.3. The summed E-state index contributed by atoms with van der Waals surface area (Å²) in [6.07, 6.45) is 10.2. The van der Waals surface area contributed by atoms with Crippen LogP contribution in [-0.2, 0) is 10.0 Å². The van der Waals surface area contributed by atoms with E-state index in [1.165, 1.54) is 0 Å². The lowest BCUT2D eigenvalue weighted by Crippen LogP contribution is -2.37. The summed E-state index contributed by atoms with van der Waals surface area (Å²) < 4.78 is 39.3. The van der Waals surface area contributed by atoms with Gasteiger partial charge in [0.15, 0.2) is 0 Å². The summed E-state index contributed by atoms with van der Waals surface area (Å²) in [7, 11) is -2.06. The Morgan fingerprint density at radius 3 is 2.42 bits per heavy atom. The third kappa shape index (κ3) is 5.48. The van der Waals surface area contributed by atoms with Crippen molar-refractivity contribution in [1.29, 1.82) is 0 Å². The van der Waals surface area contributed by atoms with Crippen LogP contribution in [0.3, 0.4) is 0 Å². The molecule has 0 saturated carbocycles. The molecule has 1 aromatic rings. The van der Waals surface area contributed by atoms with Gasteiger partial charge in [-0.1, -0.05) is 12.2 Å². The summed E-state index contributed by atoms with van der Waals surface area (Å²) in [6, 6.07) is 4.83. The molecule has 26 heavy (non-hydrogen) atoms. The maximum absolute atomic E-state index is 13.3. The lowest BCUT2D eigenvalue weighted by atomic mass is 10.2. The Morgan fingerprint density at radius 2 is 1.77 bits per heavy atom. The molecule has 0 unspecified atom stereocenters. The van der Waals surface area contributed by atoms with Gasteiger partial charge in [-0.3, -0.25) is 0 Å². The Balaban J connectivity index is 2.38. The highest BCUT2D eigenvalue weighted by Crippen LogP contribution is 2.32. The molecule has 0 atom stereocenters. The highest BCUT2D eigenvalue weighted by Gasteiger charge is 2.30. The van der Waals surface area contributed by atoms with Gasteiger partial charge in [-0.2, -0.15) is 4.31 Å². The van der Waals surface area contributed by atoms with Crippen LogP contribution in [0.25, 0.3) is 0 Å². The SMILES string of the molecule is COc1ccc2c(c1)OCCCC/C=C\CCCCN(C(C)C)S2(=O)=O. The molecule has 0 N–H and O–H groups in total. The second-order valence-electron chi connectivity index (χ2n) is 6.83. The fourth-order valence-electron chi connectivity index (χ4n) is 3.04. The summed E-state index contributed by atoms with van der Waals surface area (Å²) in [5.74, 6) is 0.969. The molecule has 1 heterocycles. The van der Waals surface area contributed by atoms with E-state index < -0.39 is 10.0 Å². The van der Waals surface area contributed by atoms with Gasteiger partial charge in [0.05, 0.1) is 13.7 Å². The highest BCUT2D eigenvalue weighted by molar-refractivity contribution is 7.89. The predicted octanol–water partition coefficient (Wildman–Crippen LogP) is 4.38. The molecule has 1 aromatic carbocycles. The van der Waals surface area contributed by atoms with Crippen molar-refractivity contribution in [2.75, 3.05) is 20.3 Å². The number of nitrogens with zero attached hydrogens (tertiary/aromatic N) is 1. The Morgan fingerprint density at radius 1 is 1.08 bits per heavy atom. The zero-order valence-electron chi connectivity index (χ0n) is 16.1. The number of ether oxygens (including phenoxy) is 2. The van der Waals surface area contributed by atoms with E-state index in [1.54, 1.807) is 29.6 Å². The van der Waals surface area contributed by atoms with Crippen LogP contribution >= 0.6 is 0 Å². The zero-order chi connectivity index (χ0) is 19.0. The van der Waals surface area contributed by atoms with Gasteiger partial charge in [0.25, 0.3) is 0 Å². The molecule has 0 bridgehead atoms. The Hall–Kier alpha value is -1.53. The molecule has 146 valence electrons. The molecule has 1 aliphatic heterocycles. The van der Waals surface area contributed by atoms with E-state index in [0.29, 0.717) is 24.7 Å². The van der Waals surface area contributed by atoms with E-state index >= 15 is 0 Å². The van der Waals surface area contributed by atoms with Gasteiger partial charge in [0.2, 0.25) is 10.0 Å². The largest absolute Gasteiger partial charge is 0.497 e. The van der Waals surface area contributed by atoms with Crippen LogP contribution in [0.4, 0.5) is 0 Å². The topological polar surface area (TPSA) is 55.8 Å². The minimum atomic E-state index is -3.63. The van der Waals surface area contributed by atoms with E-state index in [1.807, 2.05) is 13.8 Å². The third-order valence-corrected chi connectivity index (χ3v) is 6.62. The van der Waals surface area contributed by atoms with Crippen molar-refractivity contribution < 1.29 is 17.9 Å². The smallest absolute Gasteiger partial charge is 0.246 e. The third-order valence-electron chi connectivity index (χ3n) is 4.50. The van der Waals surface area contributed by atoms with Crippen LogP contribution < -0.4 is 9.47 Å². The number of allylic oxidation sites excluding steroid dienone is 2. The molecule has 0 spiro atoms. The van der Waals surface area contributed by atoms with E-state index in [0.717, 1.165) is 38.5 Å². The van der Waals surface area contributed by atoms with E-state index in [9.17, 15) is 8.42 Å². The van der Waals surface area contributed by atoms with Crippen LogP contribution in [0.15, 0.2) is 35.2 Å². The number of sulfonamides is 1. The maximum Gasteiger partial charge on any atom is 0.246 e. The summed E-state index contributed by atoms with van der Waals surface area (Å²) in [4.78, 5) is 0.222. The first-order valence-electron chi connectivity index (χ1n) is 9.44. The predicted molar refractivity (Wildman–Crippen MR) is 104 cm³/mol. The molecular weight excluding hydrogens is 350 g/mol. The minimum absolute atomic E-state index is 0.110. The summed E-state index contributed by atoms with van der Waals surface area (Å²) >= 11 is 0. The van der Waals surface area contributed by atoms with Crippen LogP contribution in [0.2, 0.25) is 0 Å². The van der Waals surface area contributed by atoms with Gasteiger partial charge in [0, 0.05) is 18.7 Å². The highest BCUT2D eigenvalue weighted by atomic mass is 32.2. The average Bonchev–Trinajstić information content (AvgIpc) is 2.61. The molecule has 5 nitrogen and oxygen atoms in total. The lowest BCUT2D eigenvalue weighted by molar-refractivity contribution is 0.294. The van der Waals surface area contributed by atoms with Crippen LogP contribution in [0.1, 0.15) is 52.4 Å². The van der Waals surface area contributed by atoms with Crippen molar-refractivity contribution in [1.82, 2.24) is 4.31 Å². The Labute approximate surface area is 158 Å². The number of benzene rings is 1. The number of rotatable bonds is 2. The Bertz CT molecular complexity index is 698. The standard InChI is InChI=1S/C20H31NO4S/c1-17(2)21-14-10-8-6-4-5-7-9-11-15-25-19-16-18(24-3)12-13-20(19)26(21,22)23/h4-5,12-13,16-17H,6-11,14-15H2,1-3H3/b5-4-. The fraction of sp³-hybridized carbons (Fsp3) is 0.600. The number of fused-ring (bicyclic) bond motifs is 1. The fourth-order valence-corrected chi connectivity index (χ4v) is 4.82. The van der Waals surface area contributed by atoms with Gasteiger partial charge < -0.3 is 9.47 Å². The average molecular weight is 382 g/mol. The van der Waals surface area contributed by atoms with Crippen molar-refractivity contribution in [2.24, 2.45) is 0 Å². The quantitative estimate of drug-likeness (QED) is 0.713. The molecule has 6 heteroatoms. The molecule has 0 amide bonds. The molecule has 0 fully saturated rings.